The summed E-state index contributed by atoms with van der Waals surface area (Å²) in [5, 5.41) is 2.59. The van der Waals surface area contributed by atoms with Gasteiger partial charge in [-0.15, -0.1) is 0 Å². The predicted octanol–water partition coefficient (Wildman–Crippen LogP) is 3.89. The number of rotatable bonds is 3. The van der Waals surface area contributed by atoms with E-state index in [2.05, 4.69) is 21.2 Å². The molecule has 1 aliphatic heterocycles. The van der Waals surface area contributed by atoms with Gasteiger partial charge in [0.05, 0.1) is 11.6 Å². The minimum Gasteiger partial charge on any atom is -0.323 e. The summed E-state index contributed by atoms with van der Waals surface area (Å²) in [5.74, 6) is -1.43. The van der Waals surface area contributed by atoms with Crippen molar-refractivity contribution in [3.8, 4) is 0 Å². The van der Waals surface area contributed by atoms with Gasteiger partial charge in [-0.25, -0.2) is 4.39 Å². The first kappa shape index (κ1) is 16.6. The normalized spacial score (nSPS) is 17.2. The maximum atomic E-state index is 13.8. The molecule has 0 aliphatic carbocycles. The second-order valence-electron chi connectivity index (χ2n) is 5.85. The Hall–Kier alpha value is -2.21. The lowest BCUT2D eigenvalue weighted by Gasteiger charge is -2.17. The van der Waals surface area contributed by atoms with Gasteiger partial charge in [-0.1, -0.05) is 22.0 Å². The van der Waals surface area contributed by atoms with E-state index in [1.165, 1.54) is 6.07 Å². The monoisotopic (exact) mass is 390 g/mol. The van der Waals surface area contributed by atoms with Crippen molar-refractivity contribution >= 4 is 39.1 Å². The fraction of sp³-hybridized carbons (Fsp3) is 0.222. The van der Waals surface area contributed by atoms with Crippen LogP contribution in [0.3, 0.4) is 0 Å². The molecular weight excluding hydrogens is 375 g/mol. The van der Waals surface area contributed by atoms with Crippen molar-refractivity contribution < 1.29 is 14.0 Å². The van der Waals surface area contributed by atoms with Gasteiger partial charge in [-0.2, -0.15) is 0 Å². The molecule has 2 amide bonds. The zero-order chi connectivity index (χ0) is 17.3. The number of carbonyl (C=O) groups is 2. The fourth-order valence-electron chi connectivity index (χ4n) is 2.72. The average Bonchev–Trinajstić information content (AvgIpc) is 2.94. The Bertz CT molecular complexity index is 792. The third kappa shape index (κ3) is 3.48. The summed E-state index contributed by atoms with van der Waals surface area (Å²) in [5.41, 5.74) is 1.75. The molecule has 1 aliphatic rings. The van der Waals surface area contributed by atoms with Gasteiger partial charge < -0.3 is 10.2 Å². The predicted molar refractivity (Wildman–Crippen MR) is 94.4 cm³/mol. The van der Waals surface area contributed by atoms with Gasteiger partial charge >= 0.3 is 0 Å². The Morgan fingerprint density at radius 2 is 1.96 bits per heavy atom. The Kier molecular flexibility index (Phi) is 4.66. The molecule has 0 spiro atoms. The van der Waals surface area contributed by atoms with E-state index in [0.29, 0.717) is 6.54 Å². The van der Waals surface area contributed by atoms with E-state index >= 15 is 0 Å². The number of hydrogen-bond acceptors (Lipinski definition) is 2. The highest BCUT2D eigenvalue weighted by atomic mass is 79.9. The largest absolute Gasteiger partial charge is 0.323 e. The van der Waals surface area contributed by atoms with Gasteiger partial charge in [0.2, 0.25) is 11.8 Å². The van der Waals surface area contributed by atoms with Crippen molar-refractivity contribution in [2.24, 2.45) is 5.92 Å². The number of nitrogens with one attached hydrogen (secondary N) is 1. The second-order valence-corrected chi connectivity index (χ2v) is 6.77. The highest BCUT2D eigenvalue weighted by Gasteiger charge is 2.35. The van der Waals surface area contributed by atoms with Crippen LogP contribution in [0.4, 0.5) is 15.8 Å². The van der Waals surface area contributed by atoms with Crippen LogP contribution in [0.2, 0.25) is 0 Å². The smallest absolute Gasteiger partial charge is 0.229 e. The minimum atomic E-state index is -0.499. The summed E-state index contributed by atoms with van der Waals surface area (Å²) in [6.45, 7) is 2.11. The second kappa shape index (κ2) is 6.73. The van der Waals surface area contributed by atoms with Crippen molar-refractivity contribution in [2.45, 2.75) is 13.3 Å². The first-order chi connectivity index (χ1) is 11.4. The molecule has 2 aromatic rings. The van der Waals surface area contributed by atoms with Crippen LogP contribution < -0.4 is 10.2 Å². The summed E-state index contributed by atoms with van der Waals surface area (Å²) in [6, 6.07) is 11.9. The van der Waals surface area contributed by atoms with E-state index in [0.717, 1.165) is 15.7 Å². The molecule has 1 atom stereocenters. The van der Waals surface area contributed by atoms with E-state index in [9.17, 15) is 14.0 Å². The topological polar surface area (TPSA) is 49.4 Å². The molecule has 0 bridgehead atoms. The van der Waals surface area contributed by atoms with Crippen molar-refractivity contribution in [1.82, 2.24) is 0 Å². The number of aryl methyl sites for hydroxylation is 1. The Balaban J connectivity index is 1.72. The molecule has 6 heteroatoms. The van der Waals surface area contributed by atoms with Crippen LogP contribution in [0.1, 0.15) is 12.0 Å². The molecule has 1 heterocycles. The lowest BCUT2D eigenvalue weighted by molar-refractivity contribution is -0.122. The molecule has 4 nitrogen and oxygen atoms in total. The number of benzene rings is 2. The highest BCUT2D eigenvalue weighted by molar-refractivity contribution is 9.10. The lowest BCUT2D eigenvalue weighted by atomic mass is 10.1. The van der Waals surface area contributed by atoms with Crippen molar-refractivity contribution in [3.63, 3.8) is 0 Å². The van der Waals surface area contributed by atoms with Gasteiger partial charge in [-0.3, -0.25) is 9.59 Å². The Morgan fingerprint density at radius 3 is 2.67 bits per heavy atom. The third-order valence-corrected chi connectivity index (χ3v) is 4.54. The highest BCUT2D eigenvalue weighted by Crippen LogP contribution is 2.27. The molecule has 0 saturated carbocycles. The van der Waals surface area contributed by atoms with Crippen LogP contribution in [0.25, 0.3) is 0 Å². The molecule has 24 heavy (non-hydrogen) atoms. The number of hydrogen-bond donors (Lipinski definition) is 1. The minimum absolute atomic E-state index is 0.109. The summed E-state index contributed by atoms with van der Waals surface area (Å²) in [7, 11) is 0. The standard InChI is InChI=1S/C18H16BrFN2O2/c1-11-2-7-15(20)16(8-11)21-18(24)12-9-17(23)22(10-12)14-5-3-13(19)4-6-14/h2-8,12H,9-10H2,1H3,(H,21,24). The molecule has 1 fully saturated rings. The number of nitrogens with zero attached hydrogens (tertiary/aromatic N) is 1. The summed E-state index contributed by atoms with van der Waals surface area (Å²) in [6.07, 6.45) is 0.120. The molecule has 124 valence electrons. The Labute approximate surface area is 147 Å². The third-order valence-electron chi connectivity index (χ3n) is 4.01. The maximum Gasteiger partial charge on any atom is 0.229 e. The van der Waals surface area contributed by atoms with E-state index in [-0.39, 0.29) is 23.9 Å². The van der Waals surface area contributed by atoms with Gasteiger partial charge in [0.25, 0.3) is 0 Å². The molecule has 1 N–H and O–H groups in total. The maximum absolute atomic E-state index is 13.8. The van der Waals surface area contributed by atoms with E-state index < -0.39 is 11.7 Å². The first-order valence-corrected chi connectivity index (χ1v) is 8.36. The van der Waals surface area contributed by atoms with Crippen LogP contribution in [0.15, 0.2) is 46.9 Å². The first-order valence-electron chi connectivity index (χ1n) is 7.57. The van der Waals surface area contributed by atoms with Crippen LogP contribution >= 0.6 is 15.9 Å². The number of anilines is 2. The number of carbonyl (C=O) groups excluding carboxylic acids is 2. The average molecular weight is 391 g/mol. The lowest BCUT2D eigenvalue weighted by Crippen LogP contribution is -2.28. The van der Waals surface area contributed by atoms with Gasteiger partial charge in [0, 0.05) is 23.1 Å². The van der Waals surface area contributed by atoms with Gasteiger partial charge in [0.1, 0.15) is 5.82 Å². The number of amides is 2. The van der Waals surface area contributed by atoms with E-state index in [1.807, 2.05) is 31.2 Å². The van der Waals surface area contributed by atoms with Crippen molar-refractivity contribution in [1.29, 1.82) is 0 Å². The van der Waals surface area contributed by atoms with E-state index in [1.54, 1.807) is 17.0 Å². The van der Waals surface area contributed by atoms with Gasteiger partial charge in [-0.05, 0) is 48.9 Å². The van der Waals surface area contributed by atoms with Crippen LogP contribution in [-0.4, -0.2) is 18.4 Å². The number of halogens is 2. The molecule has 1 unspecified atom stereocenters. The summed E-state index contributed by atoms with van der Waals surface area (Å²) < 4.78 is 14.7. The van der Waals surface area contributed by atoms with Crippen LogP contribution in [0.5, 0.6) is 0 Å². The zero-order valence-electron chi connectivity index (χ0n) is 13.1. The quantitative estimate of drug-likeness (QED) is 0.863. The SMILES string of the molecule is Cc1ccc(F)c(NC(=O)C2CC(=O)N(c3ccc(Br)cc3)C2)c1. The van der Waals surface area contributed by atoms with Crippen molar-refractivity contribution in [2.75, 3.05) is 16.8 Å². The zero-order valence-corrected chi connectivity index (χ0v) is 14.6. The van der Waals surface area contributed by atoms with Crippen molar-refractivity contribution in [3.05, 3.63) is 58.3 Å². The fourth-order valence-corrected chi connectivity index (χ4v) is 2.99. The molecule has 0 radical (unpaired) electrons. The molecule has 2 aromatic carbocycles. The Morgan fingerprint density at radius 1 is 1.25 bits per heavy atom. The van der Waals surface area contributed by atoms with E-state index in [4.69, 9.17) is 0 Å². The van der Waals surface area contributed by atoms with Gasteiger partial charge in [0.15, 0.2) is 0 Å². The molecule has 3 rings (SSSR count). The van der Waals surface area contributed by atoms with Crippen LogP contribution in [0, 0.1) is 18.7 Å². The summed E-state index contributed by atoms with van der Waals surface area (Å²) >= 11 is 3.35. The molecular formula is C18H16BrFN2O2. The van der Waals surface area contributed by atoms with Crippen LogP contribution in [-0.2, 0) is 9.59 Å². The molecule has 0 aromatic heterocycles. The molecule has 1 saturated heterocycles. The summed E-state index contributed by atoms with van der Waals surface area (Å²) in [4.78, 5) is 26.2.